The summed E-state index contributed by atoms with van der Waals surface area (Å²) in [5.74, 6) is -0.616. The maximum Gasteiger partial charge on any atom is 0.308 e. The molecule has 0 radical (unpaired) electrons. The van der Waals surface area contributed by atoms with Gasteiger partial charge in [-0.3, -0.25) is 14.4 Å². The highest BCUT2D eigenvalue weighted by atomic mass is 16.5. The normalized spacial score (nSPS) is 11.2. The number of nitrogens with one attached hydrogen (secondary N) is 2. The summed E-state index contributed by atoms with van der Waals surface area (Å²) in [5.41, 5.74) is 1.08. The van der Waals surface area contributed by atoms with Gasteiger partial charge >= 0.3 is 5.97 Å². The van der Waals surface area contributed by atoms with Gasteiger partial charge in [-0.15, -0.1) is 0 Å². The Morgan fingerprint density at radius 2 is 1.67 bits per heavy atom. The van der Waals surface area contributed by atoms with E-state index in [4.69, 9.17) is 9.47 Å². The molecule has 2 aromatic carbocycles. The van der Waals surface area contributed by atoms with Gasteiger partial charge in [0.2, 0.25) is 0 Å². The molecule has 0 fully saturated rings. The lowest BCUT2D eigenvalue weighted by molar-refractivity contribution is -0.147. The molecule has 142 valence electrons. The summed E-state index contributed by atoms with van der Waals surface area (Å²) in [6, 6.07) is 15.1. The van der Waals surface area contributed by atoms with Crippen molar-refractivity contribution in [1.29, 1.82) is 0 Å². The number of hydrogen-bond acceptors (Lipinski definition) is 5. The molecule has 1 atom stereocenters. The van der Waals surface area contributed by atoms with Crippen LogP contribution in [0.4, 0.5) is 5.69 Å². The molecule has 2 rings (SSSR count). The third kappa shape index (κ3) is 6.81. The number of anilines is 1. The second-order valence-corrected chi connectivity index (χ2v) is 5.88. The van der Waals surface area contributed by atoms with Crippen molar-refractivity contribution in [1.82, 2.24) is 5.32 Å². The molecule has 1 unspecified atom stereocenters. The van der Waals surface area contributed by atoms with Crippen molar-refractivity contribution in [2.75, 3.05) is 19.0 Å². The molecule has 2 aromatic rings. The molecular weight excluding hydrogens is 348 g/mol. The molecule has 2 N–H and O–H groups in total. The zero-order valence-corrected chi connectivity index (χ0v) is 15.2. The SMILES string of the molecule is COc1ccc(NC(=O)COC(=O)CC(C)NC(=O)c2ccccc2)cc1. The number of esters is 1. The highest BCUT2D eigenvalue weighted by Gasteiger charge is 2.15. The number of hydrogen-bond donors (Lipinski definition) is 2. The minimum absolute atomic E-state index is 0.0333. The highest BCUT2D eigenvalue weighted by molar-refractivity contribution is 5.95. The minimum Gasteiger partial charge on any atom is -0.497 e. The van der Waals surface area contributed by atoms with E-state index >= 15 is 0 Å². The Kier molecular flexibility index (Phi) is 7.37. The molecule has 0 saturated heterocycles. The molecule has 0 heterocycles. The summed E-state index contributed by atoms with van der Waals surface area (Å²) in [6.45, 7) is 1.30. The van der Waals surface area contributed by atoms with Gasteiger partial charge in [-0.1, -0.05) is 18.2 Å². The number of benzene rings is 2. The molecule has 7 heteroatoms. The highest BCUT2D eigenvalue weighted by Crippen LogP contribution is 2.14. The third-order valence-corrected chi connectivity index (χ3v) is 3.62. The minimum atomic E-state index is -0.569. The van der Waals surface area contributed by atoms with Crippen molar-refractivity contribution in [2.45, 2.75) is 19.4 Å². The predicted octanol–water partition coefficient (Wildman–Crippen LogP) is 2.39. The van der Waals surface area contributed by atoms with Crippen molar-refractivity contribution in [3.63, 3.8) is 0 Å². The smallest absolute Gasteiger partial charge is 0.308 e. The topological polar surface area (TPSA) is 93.7 Å². The second kappa shape index (κ2) is 9.96. The molecular formula is C20H22N2O5. The lowest BCUT2D eigenvalue weighted by Gasteiger charge is -2.13. The van der Waals surface area contributed by atoms with Gasteiger partial charge in [-0.25, -0.2) is 0 Å². The van der Waals surface area contributed by atoms with Crippen LogP contribution < -0.4 is 15.4 Å². The van der Waals surface area contributed by atoms with E-state index in [2.05, 4.69) is 10.6 Å². The Bertz CT molecular complexity index is 775. The number of rotatable bonds is 8. The van der Waals surface area contributed by atoms with E-state index in [9.17, 15) is 14.4 Å². The van der Waals surface area contributed by atoms with Crippen LogP contribution in [0.15, 0.2) is 54.6 Å². The van der Waals surface area contributed by atoms with Crippen molar-refractivity contribution >= 4 is 23.5 Å². The van der Waals surface area contributed by atoms with Crippen LogP contribution in [0, 0.1) is 0 Å². The standard InChI is InChI=1S/C20H22N2O5/c1-14(21-20(25)15-6-4-3-5-7-15)12-19(24)27-13-18(23)22-16-8-10-17(26-2)11-9-16/h3-11,14H,12-13H2,1-2H3,(H,21,25)(H,22,23). The molecule has 0 saturated carbocycles. The van der Waals surface area contributed by atoms with Gasteiger partial charge in [0.1, 0.15) is 5.75 Å². The monoisotopic (exact) mass is 370 g/mol. The van der Waals surface area contributed by atoms with Gasteiger partial charge in [-0.2, -0.15) is 0 Å². The lowest BCUT2D eigenvalue weighted by atomic mass is 10.2. The van der Waals surface area contributed by atoms with Gasteiger partial charge < -0.3 is 20.1 Å². The molecule has 7 nitrogen and oxygen atoms in total. The first kappa shape index (κ1) is 20.0. The quantitative estimate of drug-likeness (QED) is 0.696. The van der Waals surface area contributed by atoms with Crippen LogP contribution in [0.5, 0.6) is 5.75 Å². The third-order valence-electron chi connectivity index (χ3n) is 3.62. The zero-order valence-electron chi connectivity index (χ0n) is 15.2. The zero-order chi connectivity index (χ0) is 19.6. The largest absolute Gasteiger partial charge is 0.497 e. The predicted molar refractivity (Wildman–Crippen MR) is 101 cm³/mol. The van der Waals surface area contributed by atoms with Crippen LogP contribution >= 0.6 is 0 Å². The van der Waals surface area contributed by atoms with Crippen LogP contribution in [-0.2, 0) is 14.3 Å². The average Bonchev–Trinajstić information content (AvgIpc) is 2.67. The first-order chi connectivity index (χ1) is 13.0. The fourth-order valence-corrected chi connectivity index (χ4v) is 2.27. The van der Waals surface area contributed by atoms with E-state index in [1.54, 1.807) is 62.6 Å². The number of carbonyl (C=O) groups excluding carboxylic acids is 3. The fraction of sp³-hybridized carbons (Fsp3) is 0.250. The summed E-state index contributed by atoms with van der Waals surface area (Å²) in [5, 5.41) is 5.33. The number of ether oxygens (including phenoxy) is 2. The van der Waals surface area contributed by atoms with Crippen molar-refractivity contribution < 1.29 is 23.9 Å². The van der Waals surface area contributed by atoms with Crippen LogP contribution in [0.2, 0.25) is 0 Å². The van der Waals surface area contributed by atoms with Crippen LogP contribution in [0.1, 0.15) is 23.7 Å². The van der Waals surface area contributed by atoms with Gasteiger partial charge in [0.05, 0.1) is 13.5 Å². The first-order valence-electron chi connectivity index (χ1n) is 8.43. The van der Waals surface area contributed by atoms with Gasteiger partial charge in [0.15, 0.2) is 6.61 Å². The van der Waals surface area contributed by atoms with Crippen LogP contribution in [0.25, 0.3) is 0 Å². The van der Waals surface area contributed by atoms with Crippen molar-refractivity contribution in [3.05, 3.63) is 60.2 Å². The Morgan fingerprint density at radius 1 is 1.00 bits per heavy atom. The van der Waals surface area contributed by atoms with Gasteiger partial charge in [0.25, 0.3) is 11.8 Å². The van der Waals surface area contributed by atoms with E-state index in [0.717, 1.165) is 0 Å². The molecule has 0 aliphatic rings. The molecule has 0 aliphatic carbocycles. The molecule has 0 spiro atoms. The maximum atomic E-state index is 12.0. The van der Waals surface area contributed by atoms with Crippen LogP contribution in [-0.4, -0.2) is 37.5 Å². The fourth-order valence-electron chi connectivity index (χ4n) is 2.27. The number of methoxy groups -OCH3 is 1. The van der Waals surface area contributed by atoms with E-state index in [0.29, 0.717) is 17.0 Å². The van der Waals surface area contributed by atoms with Gasteiger partial charge in [0, 0.05) is 17.3 Å². The molecule has 0 bridgehead atoms. The van der Waals surface area contributed by atoms with E-state index < -0.39 is 24.5 Å². The molecule has 27 heavy (non-hydrogen) atoms. The van der Waals surface area contributed by atoms with E-state index in [1.807, 2.05) is 6.07 Å². The van der Waals surface area contributed by atoms with Gasteiger partial charge in [-0.05, 0) is 43.3 Å². The number of carbonyl (C=O) groups is 3. The summed E-state index contributed by atoms with van der Waals surface area (Å²) in [4.78, 5) is 35.7. The second-order valence-electron chi connectivity index (χ2n) is 5.88. The Labute approximate surface area is 157 Å². The maximum absolute atomic E-state index is 12.0. The van der Waals surface area contributed by atoms with Crippen molar-refractivity contribution in [2.24, 2.45) is 0 Å². The first-order valence-corrected chi connectivity index (χ1v) is 8.43. The van der Waals surface area contributed by atoms with E-state index in [-0.39, 0.29) is 12.3 Å². The molecule has 2 amide bonds. The Morgan fingerprint density at radius 3 is 2.30 bits per heavy atom. The Hall–Kier alpha value is -3.35. The van der Waals surface area contributed by atoms with Crippen LogP contribution in [0.3, 0.4) is 0 Å². The Balaban J connectivity index is 1.71. The summed E-state index contributed by atoms with van der Waals surface area (Å²) < 4.78 is 9.99. The molecule has 0 aliphatic heterocycles. The molecule has 0 aromatic heterocycles. The summed E-state index contributed by atoms with van der Waals surface area (Å²) in [6.07, 6.45) is -0.0333. The summed E-state index contributed by atoms with van der Waals surface area (Å²) in [7, 11) is 1.55. The summed E-state index contributed by atoms with van der Waals surface area (Å²) >= 11 is 0. The average molecular weight is 370 g/mol. The van der Waals surface area contributed by atoms with Crippen molar-refractivity contribution in [3.8, 4) is 5.75 Å². The lowest BCUT2D eigenvalue weighted by Crippen LogP contribution is -2.35. The van der Waals surface area contributed by atoms with E-state index in [1.165, 1.54) is 0 Å². The number of amides is 2.